The quantitative estimate of drug-likeness (QED) is 0.910. The van der Waals surface area contributed by atoms with Gasteiger partial charge in [0.15, 0.2) is 0 Å². The molecule has 2 unspecified atom stereocenters. The lowest BCUT2D eigenvalue weighted by atomic mass is 10.1. The molecule has 104 valence electrons. The van der Waals surface area contributed by atoms with Crippen molar-refractivity contribution in [3.8, 4) is 0 Å². The summed E-state index contributed by atoms with van der Waals surface area (Å²) in [6, 6.07) is 3.15. The normalized spacial score (nSPS) is 23.2. The standard InChI is InChI=1S/C14H18F2N2O/c1-3-4-5-12-14(19)18(2)13(17-12)10-7-6-9(15)8-11(10)16/h6-8,12-13,17H,3-5H2,1-2H3. The van der Waals surface area contributed by atoms with Gasteiger partial charge in [0, 0.05) is 18.7 Å². The maximum absolute atomic E-state index is 13.8. The first-order valence-corrected chi connectivity index (χ1v) is 6.52. The SMILES string of the molecule is CCCCC1NC(c2ccc(F)cc2F)N(C)C1=O. The average Bonchev–Trinajstić information content (AvgIpc) is 2.64. The fraction of sp³-hybridized carbons (Fsp3) is 0.500. The van der Waals surface area contributed by atoms with E-state index in [1.54, 1.807) is 7.05 Å². The Morgan fingerprint density at radius 3 is 2.74 bits per heavy atom. The third-order valence-corrected chi connectivity index (χ3v) is 3.50. The summed E-state index contributed by atoms with van der Waals surface area (Å²) in [6.07, 6.45) is 2.16. The molecule has 1 N–H and O–H groups in total. The Balaban J connectivity index is 2.19. The molecule has 0 saturated carbocycles. The first kappa shape index (κ1) is 13.9. The van der Waals surface area contributed by atoms with E-state index in [-0.39, 0.29) is 11.9 Å². The molecule has 1 aliphatic heterocycles. The number of unbranched alkanes of at least 4 members (excludes halogenated alkanes) is 1. The maximum atomic E-state index is 13.8. The minimum Gasteiger partial charge on any atom is -0.325 e. The summed E-state index contributed by atoms with van der Waals surface area (Å²) in [5.74, 6) is -1.29. The van der Waals surface area contributed by atoms with E-state index in [9.17, 15) is 13.6 Å². The second kappa shape index (κ2) is 5.65. The van der Waals surface area contributed by atoms with Gasteiger partial charge in [-0.3, -0.25) is 10.1 Å². The van der Waals surface area contributed by atoms with Crippen LogP contribution in [0.3, 0.4) is 0 Å². The molecular formula is C14H18F2N2O. The van der Waals surface area contributed by atoms with E-state index in [2.05, 4.69) is 12.2 Å². The Hall–Kier alpha value is -1.49. The highest BCUT2D eigenvalue weighted by molar-refractivity contribution is 5.84. The largest absolute Gasteiger partial charge is 0.325 e. The number of nitrogens with zero attached hydrogens (tertiary/aromatic N) is 1. The van der Waals surface area contributed by atoms with Crippen molar-refractivity contribution in [2.45, 2.75) is 38.4 Å². The molecule has 1 aliphatic rings. The van der Waals surface area contributed by atoms with Gasteiger partial charge in [0.2, 0.25) is 5.91 Å². The van der Waals surface area contributed by atoms with Gasteiger partial charge in [-0.15, -0.1) is 0 Å². The van der Waals surface area contributed by atoms with E-state index in [1.165, 1.54) is 17.0 Å². The van der Waals surface area contributed by atoms with Crippen LogP contribution in [0.4, 0.5) is 8.78 Å². The molecule has 0 spiro atoms. The molecule has 1 saturated heterocycles. The van der Waals surface area contributed by atoms with E-state index in [0.29, 0.717) is 5.56 Å². The smallest absolute Gasteiger partial charge is 0.241 e. The topological polar surface area (TPSA) is 32.3 Å². The molecule has 1 aromatic rings. The number of benzene rings is 1. The second-order valence-electron chi connectivity index (χ2n) is 4.88. The number of carbonyl (C=O) groups is 1. The third-order valence-electron chi connectivity index (χ3n) is 3.50. The average molecular weight is 268 g/mol. The minimum atomic E-state index is -0.631. The molecule has 0 aromatic heterocycles. The summed E-state index contributed by atoms with van der Waals surface area (Å²) < 4.78 is 26.7. The number of likely N-dealkylation sites (N-methyl/N-ethyl adjacent to an activating group) is 1. The Morgan fingerprint density at radius 1 is 1.37 bits per heavy atom. The zero-order valence-corrected chi connectivity index (χ0v) is 11.1. The van der Waals surface area contributed by atoms with Gasteiger partial charge in [-0.25, -0.2) is 8.78 Å². The van der Waals surface area contributed by atoms with Crippen molar-refractivity contribution >= 4 is 5.91 Å². The molecular weight excluding hydrogens is 250 g/mol. The van der Waals surface area contributed by atoms with Gasteiger partial charge in [-0.2, -0.15) is 0 Å². The number of carbonyl (C=O) groups excluding carboxylic acids is 1. The van der Waals surface area contributed by atoms with Crippen molar-refractivity contribution in [3.05, 3.63) is 35.4 Å². The van der Waals surface area contributed by atoms with Crippen LogP contribution in [0.2, 0.25) is 0 Å². The van der Waals surface area contributed by atoms with Gasteiger partial charge in [-0.05, 0) is 18.6 Å². The summed E-state index contributed by atoms with van der Waals surface area (Å²) in [6.45, 7) is 2.06. The second-order valence-corrected chi connectivity index (χ2v) is 4.88. The van der Waals surface area contributed by atoms with Crippen molar-refractivity contribution in [2.75, 3.05) is 7.05 Å². The van der Waals surface area contributed by atoms with Crippen molar-refractivity contribution in [1.82, 2.24) is 10.2 Å². The molecule has 2 atom stereocenters. The summed E-state index contributed by atoms with van der Waals surface area (Å²) >= 11 is 0. The first-order valence-electron chi connectivity index (χ1n) is 6.52. The maximum Gasteiger partial charge on any atom is 0.241 e. The summed E-state index contributed by atoms with van der Waals surface area (Å²) in [5, 5.41) is 3.12. The van der Waals surface area contributed by atoms with Gasteiger partial charge < -0.3 is 4.90 Å². The molecule has 1 amide bonds. The number of hydrogen-bond acceptors (Lipinski definition) is 2. The van der Waals surface area contributed by atoms with Crippen LogP contribution >= 0.6 is 0 Å². The van der Waals surface area contributed by atoms with Crippen LogP contribution in [-0.4, -0.2) is 23.9 Å². The van der Waals surface area contributed by atoms with Crippen LogP contribution in [0.5, 0.6) is 0 Å². The summed E-state index contributed by atoms with van der Waals surface area (Å²) in [7, 11) is 1.63. The van der Waals surface area contributed by atoms with Gasteiger partial charge in [0.1, 0.15) is 17.8 Å². The monoisotopic (exact) mass is 268 g/mol. The lowest BCUT2D eigenvalue weighted by molar-refractivity contribution is -0.128. The van der Waals surface area contributed by atoms with Gasteiger partial charge in [0.05, 0.1) is 6.04 Å². The highest BCUT2D eigenvalue weighted by Crippen LogP contribution is 2.27. The fourth-order valence-electron chi connectivity index (χ4n) is 2.38. The van der Waals surface area contributed by atoms with Crippen LogP contribution in [0, 0.1) is 11.6 Å². The van der Waals surface area contributed by atoms with Crippen LogP contribution in [0.25, 0.3) is 0 Å². The summed E-state index contributed by atoms with van der Waals surface area (Å²) in [4.78, 5) is 13.5. The molecule has 0 radical (unpaired) electrons. The Kier molecular flexibility index (Phi) is 4.14. The van der Waals surface area contributed by atoms with Crippen molar-refractivity contribution in [2.24, 2.45) is 0 Å². The van der Waals surface area contributed by atoms with E-state index in [1.807, 2.05) is 0 Å². The molecule has 1 aromatic carbocycles. The number of rotatable bonds is 4. The molecule has 2 rings (SSSR count). The number of amides is 1. The molecule has 19 heavy (non-hydrogen) atoms. The van der Waals surface area contributed by atoms with Gasteiger partial charge in [-0.1, -0.05) is 19.8 Å². The van der Waals surface area contributed by atoms with Gasteiger partial charge >= 0.3 is 0 Å². The first-order chi connectivity index (χ1) is 9.04. The van der Waals surface area contributed by atoms with Crippen LogP contribution in [0.15, 0.2) is 18.2 Å². The van der Waals surface area contributed by atoms with Crippen LogP contribution in [-0.2, 0) is 4.79 Å². The molecule has 0 aliphatic carbocycles. The van der Waals surface area contributed by atoms with E-state index < -0.39 is 17.8 Å². The van der Waals surface area contributed by atoms with Gasteiger partial charge in [0.25, 0.3) is 0 Å². The predicted molar refractivity (Wildman–Crippen MR) is 68.3 cm³/mol. The Labute approximate surface area is 111 Å². The Bertz CT molecular complexity index is 479. The third kappa shape index (κ3) is 2.76. The Morgan fingerprint density at radius 2 is 2.11 bits per heavy atom. The molecule has 0 bridgehead atoms. The molecule has 1 fully saturated rings. The molecule has 1 heterocycles. The molecule has 5 heteroatoms. The van der Waals surface area contributed by atoms with Crippen molar-refractivity contribution < 1.29 is 13.6 Å². The fourth-order valence-corrected chi connectivity index (χ4v) is 2.38. The summed E-state index contributed by atoms with van der Waals surface area (Å²) in [5.41, 5.74) is 0.302. The predicted octanol–water partition coefficient (Wildman–Crippen LogP) is 2.58. The highest BCUT2D eigenvalue weighted by Gasteiger charge is 2.37. The zero-order chi connectivity index (χ0) is 14.0. The van der Waals surface area contributed by atoms with Crippen molar-refractivity contribution in [3.63, 3.8) is 0 Å². The van der Waals surface area contributed by atoms with Crippen LogP contribution in [0.1, 0.15) is 37.9 Å². The zero-order valence-electron chi connectivity index (χ0n) is 11.1. The lowest BCUT2D eigenvalue weighted by Crippen LogP contribution is -2.28. The highest BCUT2D eigenvalue weighted by atomic mass is 19.1. The van der Waals surface area contributed by atoms with E-state index >= 15 is 0 Å². The minimum absolute atomic E-state index is 0.0397. The number of hydrogen-bond donors (Lipinski definition) is 1. The molecule has 3 nitrogen and oxygen atoms in total. The lowest BCUT2D eigenvalue weighted by Gasteiger charge is -2.20. The van der Waals surface area contributed by atoms with Crippen molar-refractivity contribution in [1.29, 1.82) is 0 Å². The van der Waals surface area contributed by atoms with E-state index in [4.69, 9.17) is 0 Å². The van der Waals surface area contributed by atoms with E-state index in [0.717, 1.165) is 25.3 Å². The number of nitrogens with one attached hydrogen (secondary N) is 1. The van der Waals surface area contributed by atoms with Crippen LogP contribution < -0.4 is 5.32 Å². The number of halogens is 2.